The third-order valence-corrected chi connectivity index (χ3v) is 3.41. The van der Waals surface area contributed by atoms with Gasteiger partial charge in [0.1, 0.15) is 0 Å². The molecule has 0 atom stereocenters. The van der Waals surface area contributed by atoms with Gasteiger partial charge >= 0.3 is 0 Å². The van der Waals surface area contributed by atoms with Crippen molar-refractivity contribution in [3.63, 3.8) is 0 Å². The van der Waals surface area contributed by atoms with E-state index < -0.39 is 0 Å². The molecule has 2 aromatic rings. The van der Waals surface area contributed by atoms with Crippen LogP contribution in [0.1, 0.15) is 19.8 Å². The van der Waals surface area contributed by atoms with Gasteiger partial charge in [-0.15, -0.1) is 5.10 Å². The molecule has 4 nitrogen and oxygen atoms in total. The summed E-state index contributed by atoms with van der Waals surface area (Å²) in [5, 5.41) is 4.97. The quantitative estimate of drug-likeness (QED) is 0.790. The lowest BCUT2D eigenvalue weighted by atomic mass is 10.3. The highest BCUT2D eigenvalue weighted by atomic mass is 35.5. The van der Waals surface area contributed by atoms with Crippen LogP contribution in [0.15, 0.2) is 35.1 Å². The van der Waals surface area contributed by atoms with Crippen LogP contribution in [-0.4, -0.2) is 16.4 Å². The molecular formula is C14H14Cl2N2O2. The number of ether oxygens (including phenoxy) is 1. The number of nitrogens with zero attached hydrogens (tertiary/aromatic N) is 2. The Morgan fingerprint density at radius 1 is 1.20 bits per heavy atom. The highest BCUT2D eigenvalue weighted by Gasteiger charge is 2.06. The number of aromatic nitrogens is 2. The predicted octanol–water partition coefficient (Wildman–Crippen LogP) is 3.72. The highest BCUT2D eigenvalue weighted by Crippen LogP contribution is 2.23. The molecule has 106 valence electrons. The molecule has 0 N–H and O–H groups in total. The van der Waals surface area contributed by atoms with Gasteiger partial charge < -0.3 is 4.74 Å². The van der Waals surface area contributed by atoms with Gasteiger partial charge in [0.2, 0.25) is 5.88 Å². The van der Waals surface area contributed by atoms with Gasteiger partial charge in [-0.05, 0) is 24.6 Å². The maximum atomic E-state index is 11.9. The minimum absolute atomic E-state index is 0.258. The van der Waals surface area contributed by atoms with Gasteiger partial charge in [-0.2, -0.15) is 4.68 Å². The molecule has 1 aromatic carbocycles. The number of hydrogen-bond donors (Lipinski definition) is 0. The van der Waals surface area contributed by atoms with Crippen LogP contribution in [0.5, 0.6) is 5.88 Å². The first-order chi connectivity index (χ1) is 9.61. The van der Waals surface area contributed by atoms with Crippen molar-refractivity contribution in [1.82, 2.24) is 9.78 Å². The molecule has 0 aliphatic rings. The van der Waals surface area contributed by atoms with Crippen molar-refractivity contribution < 1.29 is 4.74 Å². The van der Waals surface area contributed by atoms with Crippen LogP contribution in [-0.2, 0) is 0 Å². The van der Waals surface area contributed by atoms with Crippen LogP contribution in [0.3, 0.4) is 0 Å². The Balaban J connectivity index is 2.32. The van der Waals surface area contributed by atoms with Crippen LogP contribution >= 0.6 is 23.2 Å². The lowest BCUT2D eigenvalue weighted by Crippen LogP contribution is -2.20. The van der Waals surface area contributed by atoms with Crippen molar-refractivity contribution in [1.29, 1.82) is 0 Å². The first-order valence-corrected chi connectivity index (χ1v) is 7.06. The number of hydrogen-bond acceptors (Lipinski definition) is 3. The summed E-state index contributed by atoms with van der Waals surface area (Å²) in [6, 6.07) is 7.87. The summed E-state index contributed by atoms with van der Waals surface area (Å²) in [6.45, 7) is 2.65. The summed E-state index contributed by atoms with van der Waals surface area (Å²) in [4.78, 5) is 11.9. The van der Waals surface area contributed by atoms with E-state index in [4.69, 9.17) is 27.9 Å². The summed E-state index contributed by atoms with van der Waals surface area (Å²) >= 11 is 11.8. The van der Waals surface area contributed by atoms with E-state index in [1.165, 1.54) is 10.7 Å². The fraction of sp³-hybridized carbons (Fsp3) is 0.286. The van der Waals surface area contributed by atoms with Crippen molar-refractivity contribution >= 4 is 23.2 Å². The van der Waals surface area contributed by atoms with Gasteiger partial charge in [-0.1, -0.05) is 36.5 Å². The van der Waals surface area contributed by atoms with E-state index in [-0.39, 0.29) is 5.56 Å². The second-order valence-corrected chi connectivity index (χ2v) is 5.04. The van der Waals surface area contributed by atoms with Crippen molar-refractivity contribution in [2.45, 2.75) is 19.8 Å². The molecular weight excluding hydrogens is 299 g/mol. The van der Waals surface area contributed by atoms with E-state index >= 15 is 0 Å². The first kappa shape index (κ1) is 14.9. The molecule has 0 bridgehead atoms. The Hall–Kier alpha value is -1.52. The van der Waals surface area contributed by atoms with Crippen LogP contribution in [0.4, 0.5) is 0 Å². The molecule has 0 saturated heterocycles. The minimum atomic E-state index is -0.258. The smallest absolute Gasteiger partial charge is 0.271 e. The number of unbranched alkanes of at least 4 members (excludes halogenated alkanes) is 1. The number of benzene rings is 1. The minimum Gasteiger partial charge on any atom is -0.477 e. The topological polar surface area (TPSA) is 44.1 Å². The maximum absolute atomic E-state index is 11.9. The van der Waals surface area contributed by atoms with Crippen LogP contribution in [0, 0.1) is 0 Å². The van der Waals surface area contributed by atoms with Gasteiger partial charge in [0, 0.05) is 12.1 Å². The van der Waals surface area contributed by atoms with E-state index in [2.05, 4.69) is 12.0 Å². The third kappa shape index (κ3) is 3.52. The van der Waals surface area contributed by atoms with E-state index in [0.29, 0.717) is 28.2 Å². The summed E-state index contributed by atoms with van der Waals surface area (Å²) in [5.74, 6) is 0.407. The summed E-state index contributed by atoms with van der Waals surface area (Å²) in [7, 11) is 0. The fourth-order valence-electron chi connectivity index (χ4n) is 1.59. The largest absolute Gasteiger partial charge is 0.477 e. The first-order valence-electron chi connectivity index (χ1n) is 6.30. The van der Waals surface area contributed by atoms with Crippen LogP contribution in [0.25, 0.3) is 5.69 Å². The Morgan fingerprint density at radius 2 is 2.00 bits per heavy atom. The molecule has 0 spiro atoms. The molecule has 0 aliphatic heterocycles. The summed E-state index contributed by atoms with van der Waals surface area (Å²) < 4.78 is 6.73. The highest BCUT2D eigenvalue weighted by molar-refractivity contribution is 6.42. The molecule has 2 rings (SSSR count). The average Bonchev–Trinajstić information content (AvgIpc) is 2.44. The SMILES string of the molecule is CCCCOc1ccc(=O)n(-c2ccc(Cl)c(Cl)c2)n1. The van der Waals surface area contributed by atoms with E-state index in [1.54, 1.807) is 24.3 Å². The van der Waals surface area contributed by atoms with Crippen molar-refractivity contribution in [2.75, 3.05) is 6.61 Å². The Labute approximate surface area is 126 Å². The van der Waals surface area contributed by atoms with Crippen molar-refractivity contribution in [3.8, 4) is 11.6 Å². The second kappa shape index (κ2) is 6.77. The fourth-order valence-corrected chi connectivity index (χ4v) is 1.89. The number of rotatable bonds is 5. The summed E-state index contributed by atoms with van der Waals surface area (Å²) in [5.41, 5.74) is 0.288. The van der Waals surface area contributed by atoms with Crippen molar-refractivity contribution in [2.24, 2.45) is 0 Å². The molecule has 6 heteroatoms. The summed E-state index contributed by atoms with van der Waals surface area (Å²) in [6.07, 6.45) is 1.97. The van der Waals surface area contributed by atoms with Crippen LogP contribution < -0.4 is 10.3 Å². The van der Waals surface area contributed by atoms with Gasteiger partial charge in [0.25, 0.3) is 5.56 Å². The van der Waals surface area contributed by atoms with E-state index in [1.807, 2.05) is 0 Å². The average molecular weight is 313 g/mol. The van der Waals surface area contributed by atoms with Gasteiger partial charge in [0.15, 0.2) is 0 Å². The third-order valence-electron chi connectivity index (χ3n) is 2.67. The molecule has 0 radical (unpaired) electrons. The lowest BCUT2D eigenvalue weighted by Gasteiger charge is -2.08. The Kier molecular flexibility index (Phi) is 5.04. The van der Waals surface area contributed by atoms with Crippen LogP contribution in [0.2, 0.25) is 10.0 Å². The normalized spacial score (nSPS) is 10.6. The van der Waals surface area contributed by atoms with E-state index in [9.17, 15) is 4.79 Å². The van der Waals surface area contributed by atoms with Gasteiger partial charge in [-0.3, -0.25) is 4.79 Å². The van der Waals surface area contributed by atoms with Gasteiger partial charge in [-0.25, -0.2) is 0 Å². The standard InChI is InChI=1S/C14H14Cl2N2O2/c1-2-3-8-20-13-6-7-14(19)18(17-13)10-4-5-11(15)12(16)9-10/h4-7,9H,2-3,8H2,1H3. The predicted molar refractivity (Wildman–Crippen MR) is 80.3 cm³/mol. The number of halogens is 2. The zero-order valence-corrected chi connectivity index (χ0v) is 12.5. The lowest BCUT2D eigenvalue weighted by molar-refractivity contribution is 0.291. The molecule has 0 fully saturated rings. The molecule has 0 aliphatic carbocycles. The van der Waals surface area contributed by atoms with E-state index in [0.717, 1.165) is 12.8 Å². The Morgan fingerprint density at radius 3 is 2.70 bits per heavy atom. The van der Waals surface area contributed by atoms with Gasteiger partial charge in [0.05, 0.1) is 22.3 Å². The zero-order valence-electron chi connectivity index (χ0n) is 11.0. The molecule has 0 amide bonds. The Bertz CT molecular complexity index is 656. The second-order valence-electron chi connectivity index (χ2n) is 4.22. The monoisotopic (exact) mass is 312 g/mol. The van der Waals surface area contributed by atoms with Crippen molar-refractivity contribution in [3.05, 3.63) is 50.7 Å². The molecule has 0 unspecified atom stereocenters. The maximum Gasteiger partial charge on any atom is 0.271 e. The zero-order chi connectivity index (χ0) is 14.5. The molecule has 0 saturated carbocycles. The molecule has 1 aromatic heterocycles. The molecule has 1 heterocycles. The molecule has 20 heavy (non-hydrogen) atoms.